The first-order chi connectivity index (χ1) is 11.0. The number of anilines is 1. The minimum absolute atomic E-state index is 0.0395. The van der Waals surface area contributed by atoms with E-state index in [1.165, 1.54) is 23.0 Å². The highest BCUT2D eigenvalue weighted by molar-refractivity contribution is 7.92. The first-order valence-electron chi connectivity index (χ1n) is 6.81. The van der Waals surface area contributed by atoms with E-state index in [0.29, 0.717) is 18.0 Å². The second-order valence-corrected chi connectivity index (χ2v) is 6.37. The second-order valence-electron chi connectivity index (χ2n) is 4.69. The molecule has 0 aliphatic heterocycles. The third kappa shape index (κ3) is 2.90. The van der Waals surface area contributed by atoms with Crippen LogP contribution in [-0.4, -0.2) is 29.6 Å². The van der Waals surface area contributed by atoms with Crippen LogP contribution in [0.1, 0.15) is 6.92 Å². The molecule has 0 amide bonds. The number of hydrogen-bond acceptors (Lipinski definition) is 5. The maximum Gasteiger partial charge on any atom is 0.288 e. The van der Waals surface area contributed by atoms with Crippen LogP contribution >= 0.6 is 0 Å². The van der Waals surface area contributed by atoms with Crippen LogP contribution in [0.4, 0.5) is 5.69 Å². The van der Waals surface area contributed by atoms with Gasteiger partial charge in [-0.1, -0.05) is 12.1 Å². The van der Waals surface area contributed by atoms with Crippen molar-refractivity contribution in [3.8, 4) is 5.75 Å². The van der Waals surface area contributed by atoms with Crippen LogP contribution in [0.15, 0.2) is 52.5 Å². The topological polar surface area (TPSA) is 106 Å². The van der Waals surface area contributed by atoms with Crippen molar-refractivity contribution >= 4 is 21.2 Å². The monoisotopic (exact) mass is 334 g/mol. The molecule has 3 rings (SSSR count). The lowest BCUT2D eigenvalue weighted by molar-refractivity contribution is 0.342. The van der Waals surface area contributed by atoms with E-state index in [0.717, 1.165) is 0 Å². The molecule has 0 aliphatic rings. The van der Waals surface area contributed by atoms with Crippen molar-refractivity contribution in [2.75, 3.05) is 11.3 Å². The van der Waals surface area contributed by atoms with E-state index in [1.54, 1.807) is 24.3 Å². The SMILES string of the molecule is CCOc1ccccc1NS(=O)(=O)c1cc2c(=O)[nH]ncn2c1. The molecule has 2 heterocycles. The summed E-state index contributed by atoms with van der Waals surface area (Å²) in [5, 5.41) is 5.87. The van der Waals surface area contributed by atoms with Crippen LogP contribution in [0.25, 0.3) is 5.52 Å². The third-order valence-electron chi connectivity index (χ3n) is 3.15. The highest BCUT2D eigenvalue weighted by atomic mass is 32.2. The molecular weight excluding hydrogens is 320 g/mol. The van der Waals surface area contributed by atoms with Crippen molar-refractivity contribution in [1.82, 2.24) is 14.6 Å². The van der Waals surface area contributed by atoms with Crippen molar-refractivity contribution in [1.29, 1.82) is 0 Å². The van der Waals surface area contributed by atoms with Crippen LogP contribution in [-0.2, 0) is 10.0 Å². The van der Waals surface area contributed by atoms with E-state index >= 15 is 0 Å². The van der Waals surface area contributed by atoms with E-state index < -0.39 is 15.6 Å². The van der Waals surface area contributed by atoms with Crippen molar-refractivity contribution in [3.05, 3.63) is 53.2 Å². The van der Waals surface area contributed by atoms with Gasteiger partial charge >= 0.3 is 0 Å². The summed E-state index contributed by atoms with van der Waals surface area (Å²) < 4.78 is 34.3. The zero-order valence-electron chi connectivity index (χ0n) is 12.2. The number of sulfonamides is 1. The first kappa shape index (κ1) is 15.1. The highest BCUT2D eigenvalue weighted by Crippen LogP contribution is 2.26. The number of aromatic amines is 1. The van der Waals surface area contributed by atoms with E-state index in [-0.39, 0.29) is 10.4 Å². The van der Waals surface area contributed by atoms with Crippen LogP contribution < -0.4 is 15.0 Å². The van der Waals surface area contributed by atoms with Gasteiger partial charge in [-0.25, -0.2) is 13.5 Å². The van der Waals surface area contributed by atoms with E-state index in [1.807, 2.05) is 6.92 Å². The van der Waals surface area contributed by atoms with E-state index in [2.05, 4.69) is 14.9 Å². The Morgan fingerprint density at radius 2 is 2.13 bits per heavy atom. The molecule has 0 fully saturated rings. The van der Waals surface area contributed by atoms with Crippen LogP contribution in [0, 0.1) is 0 Å². The van der Waals surface area contributed by atoms with Gasteiger partial charge in [0.05, 0.1) is 12.3 Å². The van der Waals surface area contributed by atoms with E-state index in [4.69, 9.17) is 4.74 Å². The number of ether oxygens (including phenoxy) is 1. The molecule has 23 heavy (non-hydrogen) atoms. The number of para-hydroxylation sites is 2. The lowest BCUT2D eigenvalue weighted by atomic mass is 10.3. The Bertz CT molecular complexity index is 1010. The van der Waals surface area contributed by atoms with Gasteiger partial charge in [0.15, 0.2) is 0 Å². The summed E-state index contributed by atoms with van der Waals surface area (Å²) in [6, 6.07) is 8.01. The first-order valence-corrected chi connectivity index (χ1v) is 8.29. The molecule has 1 aromatic carbocycles. The average Bonchev–Trinajstić information content (AvgIpc) is 2.96. The number of rotatable bonds is 5. The molecule has 0 aliphatic carbocycles. The fourth-order valence-electron chi connectivity index (χ4n) is 2.12. The van der Waals surface area contributed by atoms with Gasteiger partial charge in [0.25, 0.3) is 15.6 Å². The summed E-state index contributed by atoms with van der Waals surface area (Å²) in [6.45, 7) is 2.22. The van der Waals surface area contributed by atoms with Crippen molar-refractivity contribution < 1.29 is 13.2 Å². The summed E-state index contributed by atoms with van der Waals surface area (Å²) in [6.07, 6.45) is 2.65. The molecule has 0 spiro atoms. The predicted octanol–water partition coefficient (Wildman–Crippen LogP) is 1.22. The molecule has 0 atom stereocenters. The Morgan fingerprint density at radius 1 is 1.35 bits per heavy atom. The van der Waals surface area contributed by atoms with Gasteiger partial charge < -0.3 is 4.74 Å². The van der Waals surface area contributed by atoms with Gasteiger partial charge in [0.1, 0.15) is 22.5 Å². The maximum atomic E-state index is 12.5. The fourth-order valence-corrected chi connectivity index (χ4v) is 3.22. The predicted molar refractivity (Wildman–Crippen MR) is 84.2 cm³/mol. The van der Waals surface area contributed by atoms with Gasteiger partial charge in [-0.15, -0.1) is 0 Å². The molecule has 9 heteroatoms. The normalized spacial score (nSPS) is 11.5. The summed E-state index contributed by atoms with van der Waals surface area (Å²) in [4.78, 5) is 11.6. The standard InChI is InChI=1S/C14H14N4O4S/c1-2-22-13-6-4-3-5-11(13)17-23(20,21)10-7-12-14(19)16-15-9-18(12)8-10/h3-9,17H,2H2,1H3,(H,16,19). The lowest BCUT2D eigenvalue weighted by Crippen LogP contribution is -2.13. The highest BCUT2D eigenvalue weighted by Gasteiger charge is 2.19. The van der Waals surface area contributed by atoms with Gasteiger partial charge in [-0.05, 0) is 25.1 Å². The molecule has 120 valence electrons. The molecule has 0 radical (unpaired) electrons. The van der Waals surface area contributed by atoms with E-state index in [9.17, 15) is 13.2 Å². The summed E-state index contributed by atoms with van der Waals surface area (Å²) in [7, 11) is -3.86. The smallest absolute Gasteiger partial charge is 0.288 e. The zero-order chi connectivity index (χ0) is 16.4. The van der Waals surface area contributed by atoms with Crippen molar-refractivity contribution in [2.24, 2.45) is 0 Å². The third-order valence-corrected chi connectivity index (χ3v) is 4.48. The minimum atomic E-state index is -3.86. The Labute approximate surface area is 131 Å². The molecule has 3 aromatic rings. The summed E-state index contributed by atoms with van der Waals surface area (Å²) in [5.74, 6) is 0.432. The molecule has 2 N–H and O–H groups in total. The average molecular weight is 334 g/mol. The summed E-state index contributed by atoms with van der Waals surface area (Å²) in [5.41, 5.74) is 0.0544. The number of nitrogens with zero attached hydrogens (tertiary/aromatic N) is 2. The minimum Gasteiger partial charge on any atom is -0.492 e. The van der Waals surface area contributed by atoms with Crippen LogP contribution in [0.5, 0.6) is 5.75 Å². The molecular formula is C14H14N4O4S. The molecule has 0 saturated carbocycles. The van der Waals surface area contributed by atoms with Crippen molar-refractivity contribution in [3.63, 3.8) is 0 Å². The van der Waals surface area contributed by atoms with Gasteiger partial charge in [-0.3, -0.25) is 13.9 Å². The number of fused-ring (bicyclic) bond motifs is 1. The second kappa shape index (κ2) is 5.76. The van der Waals surface area contributed by atoms with Gasteiger partial charge in [0.2, 0.25) is 0 Å². The number of H-pyrrole nitrogens is 1. The number of nitrogens with one attached hydrogen (secondary N) is 2. The Hall–Kier alpha value is -2.81. The molecule has 2 aromatic heterocycles. The quantitative estimate of drug-likeness (QED) is 0.730. The molecule has 0 bridgehead atoms. The van der Waals surface area contributed by atoms with Crippen LogP contribution in [0.2, 0.25) is 0 Å². The number of aromatic nitrogens is 3. The van der Waals surface area contributed by atoms with Crippen molar-refractivity contribution in [2.45, 2.75) is 11.8 Å². The Balaban J connectivity index is 2.01. The summed E-state index contributed by atoms with van der Waals surface area (Å²) >= 11 is 0. The Kier molecular flexibility index (Phi) is 3.78. The van der Waals surface area contributed by atoms with Gasteiger partial charge in [-0.2, -0.15) is 5.10 Å². The lowest BCUT2D eigenvalue weighted by Gasteiger charge is -2.11. The molecule has 0 unspecified atom stereocenters. The largest absolute Gasteiger partial charge is 0.492 e. The number of benzene rings is 1. The maximum absolute atomic E-state index is 12.5. The zero-order valence-corrected chi connectivity index (χ0v) is 13.0. The Morgan fingerprint density at radius 3 is 2.87 bits per heavy atom. The molecule has 8 nitrogen and oxygen atoms in total. The van der Waals surface area contributed by atoms with Gasteiger partial charge in [0, 0.05) is 6.20 Å². The fraction of sp³-hybridized carbons (Fsp3) is 0.143. The molecule has 0 saturated heterocycles. The number of hydrogen-bond donors (Lipinski definition) is 2. The van der Waals surface area contributed by atoms with Crippen LogP contribution in [0.3, 0.4) is 0 Å².